The molecule has 6 heteroatoms. The van der Waals surface area contributed by atoms with Gasteiger partial charge in [-0.25, -0.2) is 0 Å². The van der Waals surface area contributed by atoms with Crippen molar-refractivity contribution in [2.45, 2.75) is 50.7 Å². The number of allylic oxidation sites excluding steroid dienone is 1. The zero-order chi connectivity index (χ0) is 21.7. The maximum atomic E-state index is 13.0. The van der Waals surface area contributed by atoms with E-state index in [1.165, 1.54) is 16.7 Å². The number of hydrogen-bond donors (Lipinski definition) is 0. The van der Waals surface area contributed by atoms with Crippen LogP contribution < -0.4 is 0 Å². The van der Waals surface area contributed by atoms with Crippen molar-refractivity contribution in [2.24, 2.45) is 4.99 Å². The molecule has 1 saturated heterocycles. The first-order valence-corrected chi connectivity index (χ1v) is 12.6. The number of aryl methyl sites for hydroxylation is 1. The Kier molecular flexibility index (Phi) is 5.16. The molecule has 0 N–H and O–H groups in total. The first-order chi connectivity index (χ1) is 15.6. The first-order valence-electron chi connectivity index (χ1n) is 11.4. The van der Waals surface area contributed by atoms with E-state index in [1.807, 2.05) is 12.1 Å². The van der Waals surface area contributed by atoms with Crippen molar-refractivity contribution in [3.63, 3.8) is 0 Å². The molecule has 0 aromatic heterocycles. The van der Waals surface area contributed by atoms with Crippen molar-refractivity contribution < 1.29 is 9.53 Å². The highest BCUT2D eigenvalue weighted by molar-refractivity contribution is 8.18. The number of amides is 1. The minimum absolute atomic E-state index is 0.101. The van der Waals surface area contributed by atoms with Gasteiger partial charge in [-0.1, -0.05) is 41.9 Å². The Morgan fingerprint density at radius 2 is 1.84 bits per heavy atom. The monoisotopic (exact) mass is 464 g/mol. The number of thioether (sulfide) groups is 1. The number of amidine groups is 1. The quantitative estimate of drug-likeness (QED) is 0.358. The highest BCUT2D eigenvalue weighted by atomic mass is 35.5. The fourth-order valence-corrected chi connectivity index (χ4v) is 6.78. The highest BCUT2D eigenvalue weighted by Crippen LogP contribution is 2.46. The summed E-state index contributed by atoms with van der Waals surface area (Å²) >= 11 is 7.87. The number of carbonyl (C=O) groups is 1. The Hall–Kier alpha value is -2.08. The van der Waals surface area contributed by atoms with Crippen LogP contribution in [-0.2, 0) is 28.2 Å². The van der Waals surface area contributed by atoms with Gasteiger partial charge in [0.05, 0.1) is 17.1 Å². The van der Waals surface area contributed by atoms with Gasteiger partial charge in [0.15, 0.2) is 5.17 Å². The van der Waals surface area contributed by atoms with Crippen molar-refractivity contribution in [3.8, 4) is 0 Å². The fourth-order valence-electron chi connectivity index (χ4n) is 5.51. The maximum Gasteiger partial charge on any atom is 0.286 e. The Morgan fingerprint density at radius 3 is 2.72 bits per heavy atom. The first kappa shape index (κ1) is 20.5. The molecule has 6 rings (SSSR count). The van der Waals surface area contributed by atoms with E-state index in [1.54, 1.807) is 11.8 Å². The van der Waals surface area contributed by atoms with E-state index in [2.05, 4.69) is 40.2 Å². The highest BCUT2D eigenvalue weighted by Gasteiger charge is 2.43. The SMILES string of the molecule is O=C1N=C(N2CCC3(CC2)OCc2ccccc23)S/C1=C1\CCCCc2ccc(Cl)cc21. The predicted octanol–water partition coefficient (Wildman–Crippen LogP) is 5.93. The molecule has 0 atom stereocenters. The van der Waals surface area contributed by atoms with Crippen LogP contribution in [0.1, 0.15) is 54.4 Å². The number of halogens is 1. The lowest BCUT2D eigenvalue weighted by atomic mass is 9.84. The second kappa shape index (κ2) is 8.05. The molecule has 0 bridgehead atoms. The smallest absolute Gasteiger partial charge is 0.286 e. The van der Waals surface area contributed by atoms with Crippen LogP contribution in [0.3, 0.4) is 0 Å². The van der Waals surface area contributed by atoms with Gasteiger partial charge in [0.1, 0.15) is 0 Å². The number of ether oxygens (including phenoxy) is 1. The molecule has 3 aliphatic heterocycles. The van der Waals surface area contributed by atoms with E-state index >= 15 is 0 Å². The molecular weight excluding hydrogens is 440 g/mol. The average molecular weight is 465 g/mol. The lowest BCUT2D eigenvalue weighted by Crippen LogP contribution is -2.44. The minimum Gasteiger partial charge on any atom is -0.365 e. The Bertz CT molecular complexity index is 1160. The van der Waals surface area contributed by atoms with E-state index in [4.69, 9.17) is 16.3 Å². The number of benzene rings is 2. The summed E-state index contributed by atoms with van der Waals surface area (Å²) in [5.41, 5.74) is 6.01. The molecule has 2 aromatic rings. The average Bonchev–Trinajstić information content (AvgIpc) is 3.29. The summed E-state index contributed by atoms with van der Waals surface area (Å²) < 4.78 is 6.30. The lowest BCUT2D eigenvalue weighted by Gasteiger charge is -2.39. The van der Waals surface area contributed by atoms with Crippen LogP contribution in [0, 0.1) is 0 Å². The van der Waals surface area contributed by atoms with Crippen LogP contribution in [0.4, 0.5) is 0 Å². The minimum atomic E-state index is -0.181. The summed E-state index contributed by atoms with van der Waals surface area (Å²) in [5.74, 6) is -0.101. The van der Waals surface area contributed by atoms with Crippen LogP contribution >= 0.6 is 23.4 Å². The third-order valence-electron chi connectivity index (χ3n) is 7.23. The number of hydrogen-bond acceptors (Lipinski definition) is 4. The van der Waals surface area contributed by atoms with Crippen LogP contribution in [0.5, 0.6) is 0 Å². The number of fused-ring (bicyclic) bond motifs is 3. The van der Waals surface area contributed by atoms with Crippen LogP contribution in [0.15, 0.2) is 52.4 Å². The number of nitrogens with zero attached hydrogens (tertiary/aromatic N) is 2. The summed E-state index contributed by atoms with van der Waals surface area (Å²) in [5, 5.41) is 1.56. The number of likely N-dealkylation sites (tertiary alicyclic amines) is 1. The molecule has 1 amide bonds. The molecule has 32 heavy (non-hydrogen) atoms. The maximum absolute atomic E-state index is 13.0. The van der Waals surface area contributed by atoms with Crippen LogP contribution in [0.25, 0.3) is 5.57 Å². The van der Waals surface area contributed by atoms with E-state index in [0.717, 1.165) is 77.8 Å². The van der Waals surface area contributed by atoms with Gasteiger partial charge in [-0.05, 0) is 90.2 Å². The van der Waals surface area contributed by atoms with Gasteiger partial charge in [-0.15, -0.1) is 0 Å². The molecule has 3 heterocycles. The van der Waals surface area contributed by atoms with Gasteiger partial charge >= 0.3 is 0 Å². The lowest BCUT2D eigenvalue weighted by molar-refractivity contribution is -0.113. The van der Waals surface area contributed by atoms with Crippen molar-refractivity contribution >= 4 is 40.0 Å². The second-order valence-electron chi connectivity index (χ2n) is 9.05. The van der Waals surface area contributed by atoms with Gasteiger partial charge in [0, 0.05) is 18.1 Å². The van der Waals surface area contributed by atoms with Crippen LogP contribution in [0.2, 0.25) is 5.02 Å². The van der Waals surface area contributed by atoms with Crippen molar-refractivity contribution in [1.82, 2.24) is 4.90 Å². The Morgan fingerprint density at radius 1 is 1.03 bits per heavy atom. The van der Waals surface area contributed by atoms with Gasteiger partial charge in [-0.2, -0.15) is 4.99 Å². The molecule has 1 spiro atoms. The standard InChI is InChI=1S/C26H25ClN2O2S/c27-19-10-9-17-5-1-3-7-20(21(17)15-19)23-24(30)28-25(32-23)29-13-11-26(12-14-29)22-8-4-2-6-18(22)16-31-26/h2,4,6,8-10,15H,1,3,5,7,11-14,16H2/b23-20+. The Balaban J connectivity index is 1.24. The molecule has 0 saturated carbocycles. The molecular formula is C26H25ClN2O2S. The molecule has 164 valence electrons. The van der Waals surface area contributed by atoms with Crippen molar-refractivity contribution in [2.75, 3.05) is 13.1 Å². The van der Waals surface area contributed by atoms with E-state index < -0.39 is 0 Å². The molecule has 1 fully saturated rings. The number of piperidine rings is 1. The van der Waals surface area contributed by atoms with Crippen molar-refractivity contribution in [3.05, 3.63) is 74.6 Å². The summed E-state index contributed by atoms with van der Waals surface area (Å²) in [6, 6.07) is 14.6. The topological polar surface area (TPSA) is 41.9 Å². The molecule has 0 radical (unpaired) electrons. The van der Waals surface area contributed by atoms with Gasteiger partial charge in [0.25, 0.3) is 5.91 Å². The van der Waals surface area contributed by atoms with E-state index in [0.29, 0.717) is 6.61 Å². The van der Waals surface area contributed by atoms with Gasteiger partial charge in [-0.3, -0.25) is 4.79 Å². The molecule has 1 aliphatic carbocycles. The zero-order valence-electron chi connectivity index (χ0n) is 17.9. The van der Waals surface area contributed by atoms with E-state index in [9.17, 15) is 4.79 Å². The third-order valence-corrected chi connectivity index (χ3v) is 8.62. The van der Waals surface area contributed by atoms with E-state index in [-0.39, 0.29) is 11.5 Å². The second-order valence-corrected chi connectivity index (χ2v) is 10.5. The normalized spacial score (nSPS) is 24.3. The summed E-state index contributed by atoms with van der Waals surface area (Å²) in [7, 11) is 0. The predicted molar refractivity (Wildman–Crippen MR) is 130 cm³/mol. The summed E-state index contributed by atoms with van der Waals surface area (Å²) in [6.07, 6.45) is 5.98. The number of rotatable bonds is 0. The fraction of sp³-hybridized carbons (Fsp3) is 0.385. The Labute approximate surface area is 197 Å². The van der Waals surface area contributed by atoms with Crippen LogP contribution in [-0.4, -0.2) is 29.1 Å². The molecule has 2 aromatic carbocycles. The zero-order valence-corrected chi connectivity index (χ0v) is 19.5. The summed E-state index contributed by atoms with van der Waals surface area (Å²) in [6.45, 7) is 2.39. The number of carbonyl (C=O) groups excluding carboxylic acids is 1. The van der Waals surface area contributed by atoms with Gasteiger partial charge < -0.3 is 9.64 Å². The van der Waals surface area contributed by atoms with Gasteiger partial charge in [0.2, 0.25) is 0 Å². The molecule has 0 unspecified atom stereocenters. The number of aliphatic imine (C=N–C) groups is 1. The summed E-state index contributed by atoms with van der Waals surface area (Å²) in [4.78, 5) is 20.5. The molecule has 4 nitrogen and oxygen atoms in total. The van der Waals surface area contributed by atoms with Crippen molar-refractivity contribution in [1.29, 1.82) is 0 Å². The largest absolute Gasteiger partial charge is 0.365 e. The third kappa shape index (κ3) is 3.42. The molecule has 4 aliphatic rings.